The molecule has 0 unspecified atom stereocenters. The highest BCUT2D eigenvalue weighted by molar-refractivity contribution is 5.94. The van der Waals surface area contributed by atoms with E-state index >= 15 is 0 Å². The van der Waals surface area contributed by atoms with Crippen LogP contribution >= 0.6 is 0 Å². The average Bonchev–Trinajstić information content (AvgIpc) is 2.72. The topological polar surface area (TPSA) is 42.0 Å². The van der Waals surface area contributed by atoms with Crippen molar-refractivity contribution in [3.8, 4) is 11.5 Å². The van der Waals surface area contributed by atoms with Crippen molar-refractivity contribution in [2.75, 3.05) is 39.8 Å². The third-order valence-electron chi connectivity index (χ3n) is 4.77. The van der Waals surface area contributed by atoms with Gasteiger partial charge in [0, 0.05) is 37.3 Å². The van der Waals surface area contributed by atoms with E-state index in [2.05, 4.69) is 11.8 Å². The molecule has 3 rings (SSSR count). The van der Waals surface area contributed by atoms with Crippen LogP contribution in [-0.4, -0.2) is 55.5 Å². The molecule has 0 aliphatic carbocycles. The molecule has 5 heteroatoms. The number of para-hydroxylation sites is 1. The summed E-state index contributed by atoms with van der Waals surface area (Å²) in [5.41, 5.74) is 1.55. The minimum absolute atomic E-state index is 0.0735. The Balaban J connectivity index is 1.71. The Morgan fingerprint density at radius 3 is 2.42 bits per heavy atom. The van der Waals surface area contributed by atoms with Crippen molar-refractivity contribution in [1.82, 2.24) is 9.80 Å². The summed E-state index contributed by atoms with van der Waals surface area (Å²) in [5, 5.41) is 0. The second-order valence-electron chi connectivity index (χ2n) is 6.35. The predicted molar refractivity (Wildman–Crippen MR) is 102 cm³/mol. The van der Waals surface area contributed by atoms with Crippen LogP contribution in [0, 0.1) is 0 Å². The van der Waals surface area contributed by atoms with Gasteiger partial charge >= 0.3 is 0 Å². The second kappa shape index (κ2) is 8.72. The van der Waals surface area contributed by atoms with Crippen LogP contribution in [0.3, 0.4) is 0 Å². The van der Waals surface area contributed by atoms with Gasteiger partial charge in [0.1, 0.15) is 18.1 Å². The van der Waals surface area contributed by atoms with E-state index in [1.54, 1.807) is 7.11 Å². The number of methoxy groups -OCH3 is 1. The van der Waals surface area contributed by atoms with Gasteiger partial charge in [-0.2, -0.15) is 0 Å². The molecule has 0 atom stereocenters. The van der Waals surface area contributed by atoms with Crippen molar-refractivity contribution in [3.05, 3.63) is 59.7 Å². The maximum atomic E-state index is 12.8. The highest BCUT2D eigenvalue weighted by atomic mass is 16.5. The lowest BCUT2D eigenvalue weighted by atomic mass is 10.1. The number of ether oxygens (including phenoxy) is 2. The molecule has 1 fully saturated rings. The fourth-order valence-corrected chi connectivity index (χ4v) is 3.15. The van der Waals surface area contributed by atoms with E-state index < -0.39 is 0 Å². The van der Waals surface area contributed by atoms with Crippen molar-refractivity contribution < 1.29 is 14.3 Å². The smallest absolute Gasteiger partial charge is 0.253 e. The zero-order chi connectivity index (χ0) is 18.4. The molecular weight excluding hydrogens is 328 g/mol. The van der Waals surface area contributed by atoms with Gasteiger partial charge in [-0.25, -0.2) is 0 Å². The molecule has 0 saturated carbocycles. The lowest BCUT2D eigenvalue weighted by Crippen LogP contribution is -2.48. The van der Waals surface area contributed by atoms with Crippen LogP contribution in [0.4, 0.5) is 0 Å². The van der Waals surface area contributed by atoms with E-state index in [-0.39, 0.29) is 5.91 Å². The van der Waals surface area contributed by atoms with Crippen LogP contribution < -0.4 is 9.47 Å². The van der Waals surface area contributed by atoms with Crippen LogP contribution in [0.1, 0.15) is 22.8 Å². The summed E-state index contributed by atoms with van der Waals surface area (Å²) >= 11 is 0. The quantitative estimate of drug-likeness (QED) is 0.800. The van der Waals surface area contributed by atoms with E-state index in [9.17, 15) is 4.79 Å². The fraction of sp³-hybridized carbons (Fsp3) is 0.381. The first-order chi connectivity index (χ1) is 12.7. The number of piperazine rings is 1. The minimum atomic E-state index is 0.0735. The molecule has 0 bridgehead atoms. The molecule has 138 valence electrons. The van der Waals surface area contributed by atoms with E-state index in [4.69, 9.17) is 9.47 Å². The Hall–Kier alpha value is -2.53. The molecule has 1 heterocycles. The minimum Gasteiger partial charge on any atom is -0.496 e. The number of hydrogen-bond donors (Lipinski definition) is 0. The van der Waals surface area contributed by atoms with Gasteiger partial charge < -0.3 is 19.3 Å². The molecule has 1 aliphatic heterocycles. The number of amides is 1. The summed E-state index contributed by atoms with van der Waals surface area (Å²) in [6.45, 7) is 6.96. The molecule has 1 aliphatic rings. The van der Waals surface area contributed by atoms with Gasteiger partial charge in [-0.15, -0.1) is 0 Å². The van der Waals surface area contributed by atoms with Crippen LogP contribution in [0.2, 0.25) is 0 Å². The van der Waals surface area contributed by atoms with Gasteiger partial charge in [0.05, 0.1) is 7.11 Å². The first kappa shape index (κ1) is 18.3. The number of carbonyl (C=O) groups excluding carboxylic acids is 1. The van der Waals surface area contributed by atoms with E-state index in [0.717, 1.165) is 49.8 Å². The molecule has 0 N–H and O–H groups in total. The number of likely N-dealkylation sites (N-methyl/N-ethyl adjacent to an activating group) is 1. The summed E-state index contributed by atoms with van der Waals surface area (Å²) in [4.78, 5) is 17.1. The second-order valence-corrected chi connectivity index (χ2v) is 6.35. The number of rotatable bonds is 6. The van der Waals surface area contributed by atoms with Crippen LogP contribution in [0.15, 0.2) is 48.5 Å². The van der Waals surface area contributed by atoms with Crippen molar-refractivity contribution in [3.63, 3.8) is 0 Å². The molecule has 5 nitrogen and oxygen atoms in total. The summed E-state index contributed by atoms with van der Waals surface area (Å²) in [7, 11) is 1.63. The molecule has 1 amide bonds. The van der Waals surface area contributed by atoms with E-state index in [0.29, 0.717) is 12.2 Å². The largest absolute Gasteiger partial charge is 0.496 e. The maximum absolute atomic E-state index is 12.8. The van der Waals surface area contributed by atoms with Crippen molar-refractivity contribution >= 4 is 5.91 Å². The molecule has 1 saturated heterocycles. The van der Waals surface area contributed by atoms with Crippen molar-refractivity contribution in [2.45, 2.75) is 13.5 Å². The van der Waals surface area contributed by atoms with Gasteiger partial charge in [-0.05, 0) is 36.9 Å². The van der Waals surface area contributed by atoms with Gasteiger partial charge in [-0.3, -0.25) is 4.79 Å². The fourth-order valence-electron chi connectivity index (χ4n) is 3.15. The third kappa shape index (κ3) is 4.35. The molecule has 26 heavy (non-hydrogen) atoms. The monoisotopic (exact) mass is 354 g/mol. The van der Waals surface area contributed by atoms with Crippen LogP contribution in [0.25, 0.3) is 0 Å². The Kier molecular flexibility index (Phi) is 6.12. The first-order valence-electron chi connectivity index (χ1n) is 9.07. The summed E-state index contributed by atoms with van der Waals surface area (Å²) in [6.07, 6.45) is 0. The maximum Gasteiger partial charge on any atom is 0.253 e. The standard InChI is InChI=1S/C21H26N2O3/c1-3-22-11-13-23(14-12-22)21(24)17-9-10-20(25-2)18(15-17)16-26-19-7-5-4-6-8-19/h4-10,15H,3,11-14,16H2,1-2H3. The highest BCUT2D eigenvalue weighted by Gasteiger charge is 2.22. The molecule has 0 spiro atoms. The van der Waals surface area contributed by atoms with Gasteiger partial charge in [0.2, 0.25) is 0 Å². The molecule has 0 aromatic heterocycles. The van der Waals surface area contributed by atoms with Crippen molar-refractivity contribution in [1.29, 1.82) is 0 Å². The first-order valence-corrected chi connectivity index (χ1v) is 9.07. The number of hydrogen-bond acceptors (Lipinski definition) is 4. The highest BCUT2D eigenvalue weighted by Crippen LogP contribution is 2.23. The Morgan fingerprint density at radius 2 is 1.77 bits per heavy atom. The van der Waals surface area contributed by atoms with Gasteiger partial charge in [-0.1, -0.05) is 25.1 Å². The lowest BCUT2D eigenvalue weighted by molar-refractivity contribution is 0.0643. The van der Waals surface area contributed by atoms with E-state index in [1.165, 1.54) is 0 Å². The number of nitrogens with zero attached hydrogens (tertiary/aromatic N) is 2. The summed E-state index contributed by atoms with van der Waals surface area (Å²) < 4.78 is 11.3. The van der Waals surface area contributed by atoms with Gasteiger partial charge in [0.15, 0.2) is 0 Å². The van der Waals surface area contributed by atoms with Crippen LogP contribution in [0.5, 0.6) is 11.5 Å². The number of benzene rings is 2. The molecule has 2 aromatic carbocycles. The third-order valence-corrected chi connectivity index (χ3v) is 4.77. The zero-order valence-electron chi connectivity index (χ0n) is 15.5. The lowest BCUT2D eigenvalue weighted by Gasteiger charge is -2.34. The van der Waals surface area contributed by atoms with E-state index in [1.807, 2.05) is 53.4 Å². The Labute approximate surface area is 155 Å². The molecule has 2 aromatic rings. The Bertz CT molecular complexity index is 725. The van der Waals surface area contributed by atoms with Crippen LogP contribution in [-0.2, 0) is 6.61 Å². The molecular formula is C21H26N2O3. The predicted octanol–water partition coefficient (Wildman–Crippen LogP) is 3.05. The van der Waals surface area contributed by atoms with Crippen molar-refractivity contribution in [2.24, 2.45) is 0 Å². The number of carbonyl (C=O) groups is 1. The SMILES string of the molecule is CCN1CCN(C(=O)c2ccc(OC)c(COc3ccccc3)c2)CC1. The summed E-state index contributed by atoms with van der Waals surface area (Å²) in [6, 6.07) is 15.2. The van der Waals surface area contributed by atoms with Gasteiger partial charge in [0.25, 0.3) is 5.91 Å². The Morgan fingerprint density at radius 1 is 1.04 bits per heavy atom. The summed E-state index contributed by atoms with van der Waals surface area (Å²) in [5.74, 6) is 1.60. The normalized spacial score (nSPS) is 14.9. The molecule has 0 radical (unpaired) electrons. The average molecular weight is 354 g/mol. The zero-order valence-corrected chi connectivity index (χ0v) is 15.5.